The van der Waals surface area contributed by atoms with Crippen LogP contribution < -0.4 is 14.2 Å². The summed E-state index contributed by atoms with van der Waals surface area (Å²) in [5.41, 5.74) is 2.08. The highest BCUT2D eigenvalue weighted by molar-refractivity contribution is 7.89. The summed E-state index contributed by atoms with van der Waals surface area (Å²) in [6.07, 6.45) is 0.368. The normalized spacial score (nSPS) is 16.4. The number of hydrogen-bond donors (Lipinski definition) is 0. The van der Waals surface area contributed by atoms with E-state index in [4.69, 9.17) is 18.9 Å². The quantitative estimate of drug-likeness (QED) is 0.600. The number of carbonyl (C=O) groups excluding carboxylic acids is 1. The SMILES string of the molecule is CCOC(=O)C1c2c(cc(OC)c(OC)c2OC)CCN1S(=O)(=O)c1ccc(C)cc1. The van der Waals surface area contributed by atoms with E-state index in [1.165, 1.54) is 37.8 Å². The average molecular weight is 450 g/mol. The van der Waals surface area contributed by atoms with E-state index >= 15 is 0 Å². The Morgan fingerprint density at radius 1 is 1.06 bits per heavy atom. The average Bonchev–Trinajstić information content (AvgIpc) is 2.77. The zero-order valence-corrected chi connectivity index (χ0v) is 19.1. The molecule has 0 bridgehead atoms. The van der Waals surface area contributed by atoms with E-state index in [1.54, 1.807) is 25.1 Å². The van der Waals surface area contributed by atoms with Crippen LogP contribution in [0.1, 0.15) is 29.7 Å². The van der Waals surface area contributed by atoms with Gasteiger partial charge < -0.3 is 18.9 Å². The van der Waals surface area contributed by atoms with Crippen molar-refractivity contribution >= 4 is 16.0 Å². The molecule has 168 valence electrons. The summed E-state index contributed by atoms with van der Waals surface area (Å²) in [6.45, 7) is 3.76. The minimum atomic E-state index is -3.99. The summed E-state index contributed by atoms with van der Waals surface area (Å²) < 4.78 is 50.0. The van der Waals surface area contributed by atoms with Gasteiger partial charge in [-0.25, -0.2) is 13.2 Å². The highest BCUT2D eigenvalue weighted by Crippen LogP contribution is 2.48. The third-order valence-corrected chi connectivity index (χ3v) is 7.13. The maximum atomic E-state index is 13.5. The van der Waals surface area contributed by atoms with Crippen LogP contribution in [0.5, 0.6) is 17.2 Å². The smallest absolute Gasteiger partial charge is 0.329 e. The van der Waals surface area contributed by atoms with Crippen molar-refractivity contribution in [2.75, 3.05) is 34.5 Å². The van der Waals surface area contributed by atoms with E-state index in [9.17, 15) is 13.2 Å². The molecule has 0 aliphatic carbocycles. The summed E-state index contributed by atoms with van der Waals surface area (Å²) in [4.78, 5) is 13.2. The van der Waals surface area contributed by atoms with Gasteiger partial charge in [-0.05, 0) is 44.0 Å². The van der Waals surface area contributed by atoms with E-state index < -0.39 is 22.0 Å². The van der Waals surface area contributed by atoms with Crippen molar-refractivity contribution in [2.24, 2.45) is 0 Å². The van der Waals surface area contributed by atoms with Gasteiger partial charge in [0.05, 0.1) is 32.8 Å². The Kier molecular flexibility index (Phi) is 6.76. The van der Waals surface area contributed by atoms with E-state index in [1.807, 2.05) is 6.92 Å². The summed E-state index contributed by atoms with van der Waals surface area (Å²) in [7, 11) is 0.406. The summed E-state index contributed by atoms with van der Waals surface area (Å²) in [6, 6.07) is 7.04. The summed E-state index contributed by atoms with van der Waals surface area (Å²) in [5, 5.41) is 0. The van der Waals surface area contributed by atoms with Crippen LogP contribution in [0.3, 0.4) is 0 Å². The first-order chi connectivity index (χ1) is 14.8. The molecule has 31 heavy (non-hydrogen) atoms. The Hall–Kier alpha value is -2.78. The number of methoxy groups -OCH3 is 3. The number of ether oxygens (including phenoxy) is 4. The predicted molar refractivity (Wildman–Crippen MR) is 114 cm³/mol. The Morgan fingerprint density at radius 2 is 1.71 bits per heavy atom. The van der Waals surface area contributed by atoms with E-state index in [0.717, 1.165) is 11.1 Å². The van der Waals surface area contributed by atoms with Crippen molar-refractivity contribution in [1.29, 1.82) is 0 Å². The topological polar surface area (TPSA) is 91.4 Å². The van der Waals surface area contributed by atoms with Gasteiger partial charge in [-0.3, -0.25) is 0 Å². The lowest BCUT2D eigenvalue weighted by molar-refractivity contribution is -0.148. The molecule has 2 aromatic rings. The number of benzene rings is 2. The first-order valence-corrected chi connectivity index (χ1v) is 11.3. The lowest BCUT2D eigenvalue weighted by atomic mass is 9.92. The molecule has 3 rings (SSSR count). The molecule has 1 heterocycles. The molecule has 0 aromatic heterocycles. The largest absolute Gasteiger partial charge is 0.493 e. The van der Waals surface area contributed by atoms with Gasteiger partial charge >= 0.3 is 5.97 Å². The van der Waals surface area contributed by atoms with Crippen LogP contribution >= 0.6 is 0 Å². The molecule has 0 spiro atoms. The van der Waals surface area contributed by atoms with Gasteiger partial charge in [0.25, 0.3) is 0 Å². The fraction of sp³-hybridized carbons (Fsp3) is 0.409. The van der Waals surface area contributed by atoms with Crippen LogP contribution in [0.2, 0.25) is 0 Å². The molecule has 0 saturated heterocycles. The molecular weight excluding hydrogens is 422 g/mol. The van der Waals surface area contributed by atoms with E-state index in [-0.39, 0.29) is 29.5 Å². The first-order valence-electron chi connectivity index (χ1n) is 9.87. The Labute approximate surface area is 182 Å². The van der Waals surface area contributed by atoms with Gasteiger partial charge in [0.2, 0.25) is 15.8 Å². The molecule has 0 radical (unpaired) electrons. The zero-order chi connectivity index (χ0) is 22.8. The molecule has 8 nitrogen and oxygen atoms in total. The van der Waals surface area contributed by atoms with Crippen molar-refractivity contribution in [3.05, 3.63) is 47.0 Å². The fourth-order valence-corrected chi connectivity index (χ4v) is 5.35. The highest BCUT2D eigenvalue weighted by Gasteiger charge is 2.44. The molecule has 9 heteroatoms. The standard InChI is InChI=1S/C22H27NO7S/c1-6-30-22(24)19-18-15(13-17(27-3)20(28-4)21(18)29-5)11-12-23(19)31(25,26)16-9-7-14(2)8-10-16/h7-10,13,19H,6,11-12H2,1-5H3. The summed E-state index contributed by atoms with van der Waals surface area (Å²) in [5.74, 6) is 0.298. The van der Waals surface area contributed by atoms with Gasteiger partial charge in [0, 0.05) is 12.1 Å². The second kappa shape index (κ2) is 9.15. The molecule has 1 unspecified atom stereocenters. The number of carbonyl (C=O) groups is 1. The fourth-order valence-electron chi connectivity index (χ4n) is 3.80. The van der Waals surface area contributed by atoms with Crippen molar-refractivity contribution in [2.45, 2.75) is 31.2 Å². The number of nitrogens with zero attached hydrogens (tertiary/aromatic N) is 1. The van der Waals surface area contributed by atoms with Crippen molar-refractivity contribution < 1.29 is 32.2 Å². The van der Waals surface area contributed by atoms with Gasteiger partial charge in [0.1, 0.15) is 0 Å². The van der Waals surface area contributed by atoms with Crippen LogP contribution in [0.4, 0.5) is 0 Å². The lowest BCUT2D eigenvalue weighted by Gasteiger charge is -2.36. The zero-order valence-electron chi connectivity index (χ0n) is 18.3. The molecule has 1 aliphatic heterocycles. The second-order valence-electron chi connectivity index (χ2n) is 7.05. The van der Waals surface area contributed by atoms with Crippen LogP contribution in [-0.4, -0.2) is 53.2 Å². The van der Waals surface area contributed by atoms with Gasteiger partial charge in [0.15, 0.2) is 17.5 Å². The van der Waals surface area contributed by atoms with Crippen LogP contribution in [0, 0.1) is 6.92 Å². The Balaban J connectivity index is 2.24. The third kappa shape index (κ3) is 4.07. The molecule has 2 aromatic carbocycles. The minimum Gasteiger partial charge on any atom is -0.493 e. The Morgan fingerprint density at radius 3 is 2.26 bits per heavy atom. The maximum absolute atomic E-state index is 13.5. The summed E-state index contributed by atoms with van der Waals surface area (Å²) >= 11 is 0. The number of hydrogen-bond acceptors (Lipinski definition) is 7. The third-order valence-electron chi connectivity index (χ3n) is 5.25. The monoisotopic (exact) mass is 449 g/mol. The Bertz CT molecular complexity index is 1060. The highest BCUT2D eigenvalue weighted by atomic mass is 32.2. The van der Waals surface area contributed by atoms with Gasteiger partial charge in [-0.1, -0.05) is 17.7 Å². The van der Waals surface area contributed by atoms with Crippen molar-refractivity contribution in [3.8, 4) is 17.2 Å². The number of rotatable bonds is 7. The number of fused-ring (bicyclic) bond motifs is 1. The maximum Gasteiger partial charge on any atom is 0.329 e. The molecule has 1 aliphatic rings. The van der Waals surface area contributed by atoms with Crippen molar-refractivity contribution in [3.63, 3.8) is 0 Å². The second-order valence-corrected chi connectivity index (χ2v) is 8.94. The van der Waals surface area contributed by atoms with E-state index in [2.05, 4.69) is 0 Å². The minimum absolute atomic E-state index is 0.103. The molecular formula is C22H27NO7S. The molecule has 1 atom stereocenters. The van der Waals surface area contributed by atoms with Gasteiger partial charge in [-0.15, -0.1) is 0 Å². The lowest BCUT2D eigenvalue weighted by Crippen LogP contribution is -2.44. The van der Waals surface area contributed by atoms with Gasteiger partial charge in [-0.2, -0.15) is 4.31 Å². The van der Waals surface area contributed by atoms with Crippen LogP contribution in [-0.2, 0) is 26.0 Å². The van der Waals surface area contributed by atoms with E-state index in [0.29, 0.717) is 17.7 Å². The predicted octanol–water partition coefficient (Wildman–Crippen LogP) is 2.87. The first kappa shape index (κ1) is 22.9. The number of aryl methyl sites for hydroxylation is 1. The van der Waals surface area contributed by atoms with Crippen molar-refractivity contribution in [1.82, 2.24) is 4.31 Å². The number of esters is 1. The van der Waals surface area contributed by atoms with Crippen LogP contribution in [0.15, 0.2) is 35.2 Å². The molecule has 0 fully saturated rings. The molecule has 0 saturated carbocycles. The molecule has 0 N–H and O–H groups in total. The molecule has 0 amide bonds. The number of sulfonamides is 1. The van der Waals surface area contributed by atoms with Crippen LogP contribution in [0.25, 0.3) is 0 Å².